The number of unbranched alkanes of at least 4 members (excludes halogenated alkanes) is 1. The van der Waals surface area contributed by atoms with Crippen molar-refractivity contribution in [2.45, 2.75) is 52.8 Å². The minimum Gasteiger partial charge on any atom is -0.454 e. The number of esters is 1. The van der Waals surface area contributed by atoms with Crippen molar-refractivity contribution >= 4 is 17.1 Å². The molecule has 3 rings (SSSR count). The first kappa shape index (κ1) is 21.0. The molecule has 9 heteroatoms. The largest absolute Gasteiger partial charge is 0.454 e. The van der Waals surface area contributed by atoms with E-state index >= 15 is 0 Å². The van der Waals surface area contributed by atoms with Crippen LogP contribution in [0.3, 0.4) is 0 Å². The molecule has 0 amide bonds. The number of imidazole rings is 1. The highest BCUT2D eigenvalue weighted by Gasteiger charge is 2.19. The molecule has 0 unspecified atom stereocenters. The third kappa shape index (κ3) is 4.17. The number of hydrogen-bond donors (Lipinski definition) is 1. The molecular formula is C21H23N5O4. The van der Waals surface area contributed by atoms with Crippen molar-refractivity contribution in [2.75, 3.05) is 0 Å². The minimum atomic E-state index is -0.598. The smallest absolute Gasteiger partial charge is 0.338 e. The summed E-state index contributed by atoms with van der Waals surface area (Å²) in [5, 5.41) is 8.99. The van der Waals surface area contributed by atoms with Crippen molar-refractivity contribution in [2.24, 2.45) is 0 Å². The Morgan fingerprint density at radius 2 is 2.00 bits per heavy atom. The van der Waals surface area contributed by atoms with Gasteiger partial charge in [-0.1, -0.05) is 26.3 Å². The molecule has 0 atom stereocenters. The molecule has 0 radical (unpaired) electrons. The number of aromatic amines is 1. The number of benzene rings is 1. The average molecular weight is 409 g/mol. The van der Waals surface area contributed by atoms with E-state index in [0.29, 0.717) is 35.6 Å². The van der Waals surface area contributed by atoms with Crippen LogP contribution < -0.4 is 11.2 Å². The fourth-order valence-corrected chi connectivity index (χ4v) is 3.25. The van der Waals surface area contributed by atoms with E-state index in [4.69, 9.17) is 10.00 Å². The van der Waals surface area contributed by atoms with Crippen molar-refractivity contribution < 1.29 is 9.53 Å². The zero-order valence-corrected chi connectivity index (χ0v) is 17.0. The monoisotopic (exact) mass is 409 g/mol. The molecule has 0 fully saturated rings. The second-order valence-electron chi connectivity index (χ2n) is 6.89. The normalized spacial score (nSPS) is 10.8. The van der Waals surface area contributed by atoms with E-state index in [-0.39, 0.29) is 12.2 Å². The van der Waals surface area contributed by atoms with Crippen molar-refractivity contribution in [3.05, 3.63) is 62.1 Å². The van der Waals surface area contributed by atoms with E-state index in [1.807, 2.05) is 19.9 Å². The molecule has 30 heavy (non-hydrogen) atoms. The first-order chi connectivity index (χ1) is 14.5. The molecule has 0 aliphatic heterocycles. The van der Waals surface area contributed by atoms with E-state index in [1.165, 1.54) is 10.6 Å². The predicted octanol–water partition coefficient (Wildman–Crippen LogP) is 2.33. The van der Waals surface area contributed by atoms with Crippen molar-refractivity contribution in [3.8, 4) is 6.07 Å². The summed E-state index contributed by atoms with van der Waals surface area (Å²) in [7, 11) is 0. The molecule has 0 aliphatic carbocycles. The van der Waals surface area contributed by atoms with Gasteiger partial charge in [-0.05, 0) is 31.0 Å². The number of nitrogens with one attached hydrogen (secondary N) is 1. The van der Waals surface area contributed by atoms with Gasteiger partial charge in [0, 0.05) is 13.1 Å². The van der Waals surface area contributed by atoms with Gasteiger partial charge in [0.05, 0.1) is 17.2 Å². The predicted molar refractivity (Wildman–Crippen MR) is 110 cm³/mol. The highest BCUT2D eigenvalue weighted by atomic mass is 16.5. The van der Waals surface area contributed by atoms with Gasteiger partial charge < -0.3 is 9.30 Å². The van der Waals surface area contributed by atoms with Crippen LogP contribution in [-0.2, 0) is 24.4 Å². The number of fused-ring (bicyclic) bond motifs is 1. The standard InChI is InChI=1S/C21H23N5O4/c1-3-5-10-26-18-17(19(27)24-21(26)29)25(9-4-2)16(23-18)13-30-20(28)15-8-6-7-14(11-15)12-22/h6-8,11H,3-5,9-10,13H2,1-2H3,(H,24,27,29). The third-order valence-electron chi connectivity index (χ3n) is 4.71. The highest BCUT2D eigenvalue weighted by Crippen LogP contribution is 2.15. The molecular weight excluding hydrogens is 386 g/mol. The van der Waals surface area contributed by atoms with Crippen LogP contribution in [0, 0.1) is 11.3 Å². The lowest BCUT2D eigenvalue weighted by Gasteiger charge is -2.08. The van der Waals surface area contributed by atoms with Crippen LogP contribution in [-0.4, -0.2) is 25.1 Å². The highest BCUT2D eigenvalue weighted by molar-refractivity contribution is 5.89. The second-order valence-corrected chi connectivity index (χ2v) is 6.89. The van der Waals surface area contributed by atoms with Crippen LogP contribution in [0.4, 0.5) is 0 Å². The number of aryl methyl sites for hydroxylation is 2. The van der Waals surface area contributed by atoms with Crippen LogP contribution in [0.1, 0.15) is 54.9 Å². The van der Waals surface area contributed by atoms with Gasteiger partial charge in [-0.2, -0.15) is 5.26 Å². The van der Waals surface area contributed by atoms with Gasteiger partial charge >= 0.3 is 11.7 Å². The number of carbonyl (C=O) groups excluding carboxylic acids is 1. The Morgan fingerprint density at radius 3 is 2.70 bits per heavy atom. The lowest BCUT2D eigenvalue weighted by atomic mass is 10.1. The molecule has 0 saturated heterocycles. The fraction of sp³-hybridized carbons (Fsp3) is 0.381. The maximum absolute atomic E-state index is 12.5. The summed E-state index contributed by atoms with van der Waals surface area (Å²) in [6.45, 7) is 4.73. The Labute approximate surface area is 172 Å². The Hall–Kier alpha value is -3.67. The number of H-pyrrole nitrogens is 1. The number of rotatable bonds is 8. The molecule has 1 aromatic carbocycles. The Kier molecular flexibility index (Phi) is 6.47. The van der Waals surface area contributed by atoms with Crippen LogP contribution in [0.5, 0.6) is 0 Å². The lowest BCUT2D eigenvalue weighted by molar-refractivity contribution is 0.0458. The van der Waals surface area contributed by atoms with Gasteiger partial charge in [-0.15, -0.1) is 0 Å². The van der Waals surface area contributed by atoms with Gasteiger partial charge in [0.1, 0.15) is 12.4 Å². The summed E-state index contributed by atoms with van der Waals surface area (Å²) in [5.41, 5.74) is 0.189. The van der Waals surface area contributed by atoms with Gasteiger partial charge in [0.15, 0.2) is 11.2 Å². The molecule has 156 valence electrons. The fourth-order valence-electron chi connectivity index (χ4n) is 3.25. The average Bonchev–Trinajstić information content (AvgIpc) is 3.10. The van der Waals surface area contributed by atoms with Crippen molar-refractivity contribution in [1.29, 1.82) is 5.26 Å². The minimum absolute atomic E-state index is 0.161. The number of nitrogens with zero attached hydrogens (tertiary/aromatic N) is 4. The van der Waals surface area contributed by atoms with Crippen LogP contribution in [0.25, 0.3) is 11.2 Å². The van der Waals surface area contributed by atoms with E-state index in [9.17, 15) is 14.4 Å². The summed E-state index contributed by atoms with van der Waals surface area (Å²) in [5.74, 6) is -0.211. The first-order valence-corrected chi connectivity index (χ1v) is 9.89. The third-order valence-corrected chi connectivity index (χ3v) is 4.71. The van der Waals surface area contributed by atoms with Gasteiger partial charge in [-0.25, -0.2) is 14.6 Å². The molecule has 0 spiro atoms. The maximum Gasteiger partial charge on any atom is 0.338 e. The van der Waals surface area contributed by atoms with E-state index < -0.39 is 17.2 Å². The number of aromatic nitrogens is 4. The van der Waals surface area contributed by atoms with Crippen LogP contribution in [0.15, 0.2) is 33.9 Å². The van der Waals surface area contributed by atoms with Crippen molar-refractivity contribution in [1.82, 2.24) is 19.1 Å². The first-order valence-electron chi connectivity index (χ1n) is 9.89. The lowest BCUT2D eigenvalue weighted by Crippen LogP contribution is -2.31. The Balaban J connectivity index is 1.98. The quantitative estimate of drug-likeness (QED) is 0.570. The molecule has 0 saturated carbocycles. The van der Waals surface area contributed by atoms with Crippen molar-refractivity contribution in [3.63, 3.8) is 0 Å². The van der Waals surface area contributed by atoms with Gasteiger partial charge in [-0.3, -0.25) is 14.3 Å². The zero-order chi connectivity index (χ0) is 21.7. The summed E-state index contributed by atoms with van der Waals surface area (Å²) in [6, 6.07) is 8.19. The van der Waals surface area contributed by atoms with Gasteiger partial charge in [0.2, 0.25) is 0 Å². The molecule has 0 aliphatic rings. The number of nitriles is 1. The molecule has 2 aromatic heterocycles. The van der Waals surface area contributed by atoms with Crippen LogP contribution >= 0.6 is 0 Å². The summed E-state index contributed by atoms with van der Waals surface area (Å²) < 4.78 is 8.53. The Morgan fingerprint density at radius 1 is 1.20 bits per heavy atom. The Bertz CT molecular complexity index is 1230. The van der Waals surface area contributed by atoms with Crippen LogP contribution in [0.2, 0.25) is 0 Å². The maximum atomic E-state index is 12.5. The molecule has 0 bridgehead atoms. The summed E-state index contributed by atoms with van der Waals surface area (Å²) in [4.78, 5) is 44.0. The van der Waals surface area contributed by atoms with E-state index in [1.54, 1.807) is 22.8 Å². The molecule has 1 N–H and O–H groups in total. The van der Waals surface area contributed by atoms with E-state index in [2.05, 4.69) is 9.97 Å². The van der Waals surface area contributed by atoms with E-state index in [0.717, 1.165) is 19.3 Å². The second kappa shape index (κ2) is 9.22. The number of hydrogen-bond acceptors (Lipinski definition) is 6. The molecule has 2 heterocycles. The van der Waals surface area contributed by atoms with Gasteiger partial charge in [0.25, 0.3) is 5.56 Å². The SMILES string of the molecule is CCCCn1c(=O)[nH]c(=O)c2c1nc(COC(=O)c1cccc(C#N)c1)n2CCC. The number of carbonyl (C=O) groups is 1. The molecule has 3 aromatic rings. The summed E-state index contributed by atoms with van der Waals surface area (Å²) >= 11 is 0. The topological polar surface area (TPSA) is 123 Å². The summed E-state index contributed by atoms with van der Waals surface area (Å²) in [6.07, 6.45) is 2.38. The zero-order valence-electron chi connectivity index (χ0n) is 17.0. The molecule has 9 nitrogen and oxygen atoms in total. The number of ether oxygens (including phenoxy) is 1.